The van der Waals surface area contributed by atoms with Crippen LogP contribution in [0.5, 0.6) is 0 Å². The number of rotatable bonds is 14. The Hall–Kier alpha value is -2.76. The number of dihydropyridines is 1. The Bertz CT molecular complexity index is 911. The van der Waals surface area contributed by atoms with Crippen molar-refractivity contribution in [1.82, 2.24) is 15.5 Å². The summed E-state index contributed by atoms with van der Waals surface area (Å²) in [7, 11) is 1.35. The van der Waals surface area contributed by atoms with Crippen LogP contribution in [0, 0.1) is 0 Å². The van der Waals surface area contributed by atoms with Crippen molar-refractivity contribution in [1.29, 1.82) is 0 Å². The van der Waals surface area contributed by atoms with Gasteiger partial charge in [0.2, 0.25) is 5.91 Å². The summed E-state index contributed by atoms with van der Waals surface area (Å²) in [5.41, 5.74) is 6.45. The molecule has 5 atom stereocenters. The third kappa shape index (κ3) is 8.42. The van der Waals surface area contributed by atoms with Crippen LogP contribution < -0.4 is 16.4 Å². The zero-order valence-electron chi connectivity index (χ0n) is 21.1. The summed E-state index contributed by atoms with van der Waals surface area (Å²) in [5.74, 6) is 0.259. The predicted molar refractivity (Wildman–Crippen MR) is 138 cm³/mol. The van der Waals surface area contributed by atoms with Crippen LogP contribution >= 0.6 is 0 Å². The molecule has 2 aliphatic heterocycles. The van der Waals surface area contributed by atoms with Gasteiger partial charge in [0.05, 0.1) is 12.1 Å². The highest BCUT2D eigenvalue weighted by molar-refractivity contribution is 5.77. The van der Waals surface area contributed by atoms with Gasteiger partial charge in [0, 0.05) is 45.4 Å². The van der Waals surface area contributed by atoms with Crippen LogP contribution in [0.2, 0.25) is 0 Å². The highest BCUT2D eigenvalue weighted by Crippen LogP contribution is 2.26. The molecule has 10 heteroatoms. The highest BCUT2D eigenvalue weighted by atomic mass is 16.6. The smallest absolute Gasteiger partial charge is 0.246 e. The molecule has 36 heavy (non-hydrogen) atoms. The summed E-state index contributed by atoms with van der Waals surface area (Å²) in [6, 6.07) is 9.27. The van der Waals surface area contributed by atoms with E-state index >= 15 is 0 Å². The Morgan fingerprint density at radius 2 is 2.17 bits per heavy atom. The van der Waals surface area contributed by atoms with Gasteiger partial charge in [0.1, 0.15) is 18.9 Å². The molecule has 1 amide bonds. The zero-order chi connectivity index (χ0) is 26.0. The Kier molecular flexibility index (Phi) is 10.4. The van der Waals surface area contributed by atoms with Crippen LogP contribution in [0.15, 0.2) is 59.9 Å². The van der Waals surface area contributed by atoms with Gasteiger partial charge in [0.15, 0.2) is 12.2 Å². The van der Waals surface area contributed by atoms with E-state index in [9.17, 15) is 9.90 Å². The Morgan fingerprint density at radius 1 is 1.39 bits per heavy atom. The summed E-state index contributed by atoms with van der Waals surface area (Å²) in [6.07, 6.45) is 6.04. The molecule has 0 aromatic heterocycles. The predicted octanol–water partition coefficient (Wildman–Crippen LogP) is 0.879. The van der Waals surface area contributed by atoms with Crippen LogP contribution in [0.25, 0.3) is 0 Å². The second kappa shape index (κ2) is 13.5. The van der Waals surface area contributed by atoms with E-state index in [0.29, 0.717) is 32.0 Å². The number of nitrogens with zero attached hydrogens (tertiary/aromatic N) is 2. The Morgan fingerprint density at radius 3 is 2.86 bits per heavy atom. The van der Waals surface area contributed by atoms with Gasteiger partial charge in [-0.3, -0.25) is 15.1 Å². The number of nitrogens with one attached hydrogen (secondary N) is 2. The molecule has 1 aromatic carbocycles. The van der Waals surface area contributed by atoms with Crippen molar-refractivity contribution < 1.29 is 24.1 Å². The van der Waals surface area contributed by atoms with Crippen molar-refractivity contribution in [3.8, 4) is 0 Å². The van der Waals surface area contributed by atoms with E-state index < -0.39 is 12.3 Å². The van der Waals surface area contributed by atoms with E-state index in [-0.39, 0.29) is 36.9 Å². The summed E-state index contributed by atoms with van der Waals surface area (Å²) >= 11 is 0. The van der Waals surface area contributed by atoms with Crippen molar-refractivity contribution in [2.24, 2.45) is 10.7 Å². The maximum atomic E-state index is 12.2. The first kappa shape index (κ1) is 27.8. The summed E-state index contributed by atoms with van der Waals surface area (Å²) in [5, 5.41) is 15.8. The van der Waals surface area contributed by atoms with E-state index in [1.807, 2.05) is 42.6 Å². The summed E-state index contributed by atoms with van der Waals surface area (Å²) in [4.78, 5) is 18.9. The van der Waals surface area contributed by atoms with Crippen molar-refractivity contribution in [3.05, 3.63) is 60.5 Å². The second-order valence-electron chi connectivity index (χ2n) is 9.30. The van der Waals surface area contributed by atoms with Crippen LogP contribution in [0.1, 0.15) is 25.3 Å². The van der Waals surface area contributed by atoms with E-state index in [1.54, 1.807) is 0 Å². The minimum Gasteiger partial charge on any atom is -0.475 e. The molecule has 1 fully saturated rings. The number of amides is 1. The van der Waals surface area contributed by atoms with Crippen LogP contribution in [0.4, 0.5) is 0 Å². The number of carbonyl (C=O) groups excluding carboxylic acids is 1. The summed E-state index contributed by atoms with van der Waals surface area (Å²) in [6.45, 7) is 7.83. The van der Waals surface area contributed by atoms with Crippen LogP contribution in [-0.4, -0.2) is 85.6 Å². The molecule has 0 radical (unpaired) electrons. The Balaban J connectivity index is 1.54. The number of carbonyl (C=O) groups is 1. The number of nitrogens with two attached hydrogens (primary N) is 1. The van der Waals surface area contributed by atoms with Crippen molar-refractivity contribution in [3.63, 3.8) is 0 Å². The SMILES string of the molecule is C=C(OCc1ccccc1)N1C[C@H](OCC(=O)NC[C@H](N)C(O)OC)C[C@H]1CNC1(C)CC=CC=N1. The summed E-state index contributed by atoms with van der Waals surface area (Å²) < 4.78 is 16.7. The third-order valence-electron chi connectivity index (χ3n) is 6.35. The monoisotopic (exact) mass is 501 g/mol. The molecule has 0 aliphatic carbocycles. The molecule has 1 aromatic rings. The molecule has 10 nitrogen and oxygen atoms in total. The molecule has 2 aliphatic rings. The van der Waals surface area contributed by atoms with Gasteiger partial charge in [-0.15, -0.1) is 0 Å². The number of hydrogen-bond acceptors (Lipinski definition) is 9. The number of likely N-dealkylation sites (tertiary alicyclic amines) is 1. The standard InChI is InChI=1S/C26H39N5O5/c1-19(35-17-20-9-5-4-6-10-20)31-16-22(36-18-24(32)28-15-23(27)25(33)34-3)13-21(31)14-30-26(2)11-7-8-12-29-26/h4-10,12,21-23,25,30,33H,1,11,13-18,27H2,2-3H3,(H,28,32)/t21-,22+,23-,25?,26?/m0/s1. The van der Waals surface area contributed by atoms with Crippen LogP contribution in [-0.2, 0) is 25.6 Å². The number of hydrogen-bond donors (Lipinski definition) is 4. The van der Waals surface area contributed by atoms with Gasteiger partial charge in [0.25, 0.3) is 0 Å². The van der Waals surface area contributed by atoms with E-state index in [1.165, 1.54) is 7.11 Å². The molecule has 3 rings (SSSR count). The average Bonchev–Trinajstić information content (AvgIpc) is 3.32. The lowest BCUT2D eigenvalue weighted by atomic mass is 10.1. The number of allylic oxidation sites excluding steroid dienone is 1. The molecule has 5 N–H and O–H groups in total. The minimum absolute atomic E-state index is 0.0598. The lowest BCUT2D eigenvalue weighted by Crippen LogP contribution is -2.47. The molecule has 0 spiro atoms. The number of aliphatic hydroxyl groups excluding tert-OH is 1. The number of aliphatic imine (C=N–C) groups is 1. The highest BCUT2D eigenvalue weighted by Gasteiger charge is 2.36. The lowest BCUT2D eigenvalue weighted by Gasteiger charge is -2.32. The maximum absolute atomic E-state index is 12.2. The van der Waals surface area contributed by atoms with E-state index in [0.717, 1.165) is 12.0 Å². The van der Waals surface area contributed by atoms with E-state index in [4.69, 9.17) is 19.9 Å². The first-order valence-corrected chi connectivity index (χ1v) is 12.2. The molecule has 2 unspecified atom stereocenters. The molecule has 0 saturated carbocycles. The van der Waals surface area contributed by atoms with Crippen molar-refractivity contribution in [2.45, 2.75) is 56.5 Å². The number of methoxy groups -OCH3 is 1. The average molecular weight is 502 g/mol. The van der Waals surface area contributed by atoms with E-state index in [2.05, 4.69) is 40.1 Å². The van der Waals surface area contributed by atoms with Gasteiger partial charge in [-0.1, -0.05) is 36.4 Å². The van der Waals surface area contributed by atoms with Crippen LogP contribution in [0.3, 0.4) is 0 Å². The normalized spacial score (nSPS) is 24.9. The molecule has 0 bridgehead atoms. The first-order chi connectivity index (χ1) is 17.3. The van der Waals surface area contributed by atoms with Crippen molar-refractivity contribution in [2.75, 3.05) is 33.4 Å². The fraction of sp³-hybridized carbons (Fsp3) is 0.538. The fourth-order valence-electron chi connectivity index (χ4n) is 4.14. The van der Waals surface area contributed by atoms with Gasteiger partial charge >= 0.3 is 0 Å². The quantitative estimate of drug-likeness (QED) is 0.218. The molecule has 1 saturated heterocycles. The fourth-order valence-corrected chi connectivity index (χ4v) is 4.14. The lowest BCUT2D eigenvalue weighted by molar-refractivity contribution is -0.128. The molecular formula is C26H39N5O5. The maximum Gasteiger partial charge on any atom is 0.246 e. The van der Waals surface area contributed by atoms with Gasteiger partial charge < -0.3 is 35.3 Å². The topological polar surface area (TPSA) is 131 Å². The van der Waals surface area contributed by atoms with Gasteiger partial charge in [-0.25, -0.2) is 0 Å². The zero-order valence-corrected chi connectivity index (χ0v) is 21.1. The molecule has 198 valence electrons. The second-order valence-corrected chi connectivity index (χ2v) is 9.30. The number of aliphatic hydroxyl groups is 1. The third-order valence-corrected chi connectivity index (χ3v) is 6.35. The largest absolute Gasteiger partial charge is 0.475 e. The van der Waals surface area contributed by atoms with Gasteiger partial charge in [-0.05, 0) is 31.6 Å². The number of ether oxygens (including phenoxy) is 3. The van der Waals surface area contributed by atoms with Gasteiger partial charge in [-0.2, -0.15) is 0 Å². The minimum atomic E-state index is -1.14. The Labute approximate surface area is 213 Å². The molecular weight excluding hydrogens is 462 g/mol. The number of benzene rings is 1. The first-order valence-electron chi connectivity index (χ1n) is 12.2. The van der Waals surface area contributed by atoms with Crippen molar-refractivity contribution >= 4 is 12.1 Å². The molecule has 2 heterocycles.